The fourth-order valence-electron chi connectivity index (χ4n) is 1.44. The molecule has 7 heteroatoms. The number of carboxylic acids is 1. The van der Waals surface area contributed by atoms with Gasteiger partial charge in [0.1, 0.15) is 5.82 Å². The maximum absolute atomic E-state index is 12.9. The fourth-order valence-corrected chi connectivity index (χ4v) is 2.64. The van der Waals surface area contributed by atoms with E-state index in [1.807, 2.05) is 0 Å². The molecular formula is C12H16FNO4S. The van der Waals surface area contributed by atoms with Gasteiger partial charge < -0.3 is 5.11 Å². The topological polar surface area (TPSA) is 83.5 Å². The Bertz CT molecular complexity index is 544. The number of rotatable bonds is 7. The Labute approximate surface area is 111 Å². The quantitative estimate of drug-likeness (QED) is 0.798. The lowest BCUT2D eigenvalue weighted by Gasteiger charge is -2.12. The van der Waals surface area contributed by atoms with Crippen molar-refractivity contribution < 1.29 is 22.7 Å². The molecule has 1 rings (SSSR count). The molecule has 106 valence electrons. The van der Waals surface area contributed by atoms with E-state index in [1.54, 1.807) is 6.92 Å². The smallest absolute Gasteiger partial charge is 0.303 e. The lowest BCUT2D eigenvalue weighted by atomic mass is 10.1. The van der Waals surface area contributed by atoms with Crippen molar-refractivity contribution in [3.05, 3.63) is 30.1 Å². The van der Waals surface area contributed by atoms with Crippen molar-refractivity contribution in [2.45, 2.75) is 24.7 Å². The Morgan fingerprint density at radius 2 is 2.16 bits per heavy atom. The summed E-state index contributed by atoms with van der Waals surface area (Å²) in [4.78, 5) is 10.2. The van der Waals surface area contributed by atoms with Crippen LogP contribution in [0.3, 0.4) is 0 Å². The van der Waals surface area contributed by atoms with Crippen molar-refractivity contribution in [1.82, 2.24) is 4.72 Å². The van der Waals surface area contributed by atoms with Crippen LogP contribution in [0.25, 0.3) is 0 Å². The monoisotopic (exact) mass is 289 g/mol. The Hall–Kier alpha value is -1.47. The first-order chi connectivity index (χ1) is 8.81. The van der Waals surface area contributed by atoms with Crippen molar-refractivity contribution in [2.24, 2.45) is 5.92 Å². The van der Waals surface area contributed by atoms with Crippen LogP contribution < -0.4 is 4.72 Å². The Kier molecular flexibility index (Phi) is 5.44. The lowest BCUT2D eigenvalue weighted by molar-refractivity contribution is -0.137. The molecule has 0 saturated carbocycles. The van der Waals surface area contributed by atoms with Gasteiger partial charge >= 0.3 is 5.97 Å². The summed E-state index contributed by atoms with van der Waals surface area (Å²) in [7, 11) is -3.75. The minimum atomic E-state index is -3.75. The van der Waals surface area contributed by atoms with Crippen LogP contribution in [0.1, 0.15) is 19.8 Å². The molecule has 5 nitrogen and oxygen atoms in total. The van der Waals surface area contributed by atoms with Crippen molar-refractivity contribution in [1.29, 1.82) is 0 Å². The molecule has 0 spiro atoms. The van der Waals surface area contributed by atoms with Gasteiger partial charge in [0.2, 0.25) is 10.0 Å². The summed E-state index contributed by atoms with van der Waals surface area (Å²) in [5, 5.41) is 8.52. The predicted octanol–water partition coefficient (Wildman–Crippen LogP) is 1.60. The Morgan fingerprint density at radius 3 is 2.74 bits per heavy atom. The van der Waals surface area contributed by atoms with Crippen LogP contribution in [0, 0.1) is 11.7 Å². The first-order valence-electron chi connectivity index (χ1n) is 5.78. The molecule has 0 amide bonds. The molecule has 1 atom stereocenters. The third-order valence-electron chi connectivity index (χ3n) is 2.58. The number of hydrogen-bond acceptors (Lipinski definition) is 3. The van der Waals surface area contributed by atoms with E-state index in [2.05, 4.69) is 4.72 Å². The fraction of sp³-hybridized carbons (Fsp3) is 0.417. The van der Waals surface area contributed by atoms with Crippen LogP contribution in [0.15, 0.2) is 29.2 Å². The number of carboxylic acid groups (broad SMARTS) is 1. The number of nitrogens with one attached hydrogen (secondary N) is 1. The molecule has 1 aromatic carbocycles. The van der Waals surface area contributed by atoms with Gasteiger partial charge in [0, 0.05) is 13.0 Å². The average molecular weight is 289 g/mol. The van der Waals surface area contributed by atoms with Gasteiger partial charge in [-0.25, -0.2) is 17.5 Å². The highest BCUT2D eigenvalue weighted by Gasteiger charge is 2.16. The third-order valence-corrected chi connectivity index (χ3v) is 4.00. The zero-order chi connectivity index (χ0) is 14.5. The van der Waals surface area contributed by atoms with E-state index in [-0.39, 0.29) is 23.8 Å². The zero-order valence-corrected chi connectivity index (χ0v) is 11.3. The van der Waals surface area contributed by atoms with Gasteiger partial charge in [0.25, 0.3) is 0 Å². The molecule has 0 aliphatic heterocycles. The van der Waals surface area contributed by atoms with Crippen LogP contribution in [0.4, 0.5) is 4.39 Å². The molecular weight excluding hydrogens is 273 g/mol. The summed E-state index contributed by atoms with van der Waals surface area (Å²) < 4.78 is 39.0. The number of benzene rings is 1. The van der Waals surface area contributed by atoms with Gasteiger partial charge in [0.15, 0.2) is 0 Å². The lowest BCUT2D eigenvalue weighted by Crippen LogP contribution is -2.28. The molecule has 2 N–H and O–H groups in total. The standard InChI is InChI=1S/C12H16FNO4S/c1-9(5-6-12(15)16)8-14-19(17,18)11-4-2-3-10(13)7-11/h2-4,7,9,14H,5-6,8H2,1H3,(H,15,16). The van der Waals surface area contributed by atoms with E-state index in [4.69, 9.17) is 5.11 Å². The molecule has 0 saturated heterocycles. The number of carbonyl (C=O) groups is 1. The second-order valence-electron chi connectivity index (χ2n) is 4.35. The summed E-state index contributed by atoms with van der Waals surface area (Å²) in [6.45, 7) is 1.86. The van der Waals surface area contributed by atoms with Gasteiger partial charge in [-0.15, -0.1) is 0 Å². The van der Waals surface area contributed by atoms with Gasteiger partial charge in [-0.05, 0) is 30.5 Å². The van der Waals surface area contributed by atoms with Crippen molar-refractivity contribution in [2.75, 3.05) is 6.54 Å². The van der Waals surface area contributed by atoms with E-state index >= 15 is 0 Å². The zero-order valence-electron chi connectivity index (χ0n) is 10.5. The summed E-state index contributed by atoms with van der Waals surface area (Å²) >= 11 is 0. The SMILES string of the molecule is CC(CCC(=O)O)CNS(=O)(=O)c1cccc(F)c1. The van der Waals surface area contributed by atoms with Crippen LogP contribution in [0.2, 0.25) is 0 Å². The van der Waals surface area contributed by atoms with Crippen molar-refractivity contribution in [3.63, 3.8) is 0 Å². The molecule has 0 fully saturated rings. The van der Waals surface area contributed by atoms with Gasteiger partial charge in [0.05, 0.1) is 4.90 Å². The molecule has 0 aromatic heterocycles. The van der Waals surface area contributed by atoms with Crippen molar-refractivity contribution >= 4 is 16.0 Å². The molecule has 0 aliphatic rings. The molecule has 0 radical (unpaired) electrons. The third kappa shape index (κ3) is 5.35. The van der Waals surface area contributed by atoms with E-state index in [9.17, 15) is 17.6 Å². The van der Waals surface area contributed by atoms with Crippen LogP contribution in [-0.4, -0.2) is 26.0 Å². The Balaban J connectivity index is 2.58. The normalized spacial score (nSPS) is 13.2. The van der Waals surface area contributed by atoms with Gasteiger partial charge in [-0.3, -0.25) is 4.79 Å². The average Bonchev–Trinajstić information content (AvgIpc) is 2.34. The van der Waals surface area contributed by atoms with Gasteiger partial charge in [-0.2, -0.15) is 0 Å². The number of sulfonamides is 1. The largest absolute Gasteiger partial charge is 0.481 e. The first kappa shape index (κ1) is 15.6. The second-order valence-corrected chi connectivity index (χ2v) is 6.11. The van der Waals surface area contributed by atoms with E-state index in [1.165, 1.54) is 12.1 Å². The molecule has 0 bridgehead atoms. The Morgan fingerprint density at radius 1 is 1.47 bits per heavy atom. The van der Waals surface area contributed by atoms with Crippen LogP contribution in [-0.2, 0) is 14.8 Å². The van der Waals surface area contributed by atoms with Gasteiger partial charge in [-0.1, -0.05) is 13.0 Å². The van der Waals surface area contributed by atoms with E-state index in [0.717, 1.165) is 12.1 Å². The predicted molar refractivity (Wildman–Crippen MR) is 67.6 cm³/mol. The van der Waals surface area contributed by atoms with E-state index in [0.29, 0.717) is 6.42 Å². The molecule has 0 heterocycles. The highest BCUT2D eigenvalue weighted by Crippen LogP contribution is 2.11. The summed E-state index contributed by atoms with van der Waals surface area (Å²) in [6.07, 6.45) is 0.365. The molecule has 1 unspecified atom stereocenters. The maximum atomic E-state index is 12.9. The van der Waals surface area contributed by atoms with E-state index < -0.39 is 21.8 Å². The summed E-state index contributed by atoms with van der Waals surface area (Å²) in [5.74, 6) is -1.65. The van der Waals surface area contributed by atoms with Crippen LogP contribution in [0.5, 0.6) is 0 Å². The number of halogens is 1. The number of aliphatic carboxylic acids is 1. The van der Waals surface area contributed by atoms with Crippen molar-refractivity contribution in [3.8, 4) is 0 Å². The highest BCUT2D eigenvalue weighted by molar-refractivity contribution is 7.89. The maximum Gasteiger partial charge on any atom is 0.303 e. The minimum absolute atomic E-state index is 0.0111. The highest BCUT2D eigenvalue weighted by atomic mass is 32.2. The number of hydrogen-bond donors (Lipinski definition) is 2. The summed E-state index contributed by atoms with van der Waals surface area (Å²) in [5.41, 5.74) is 0. The summed E-state index contributed by atoms with van der Waals surface area (Å²) in [6, 6.07) is 4.71. The molecule has 1 aromatic rings. The molecule has 0 aliphatic carbocycles. The first-order valence-corrected chi connectivity index (χ1v) is 7.26. The molecule has 19 heavy (non-hydrogen) atoms. The minimum Gasteiger partial charge on any atom is -0.481 e. The van der Waals surface area contributed by atoms with Crippen LogP contribution >= 0.6 is 0 Å². The second kappa shape index (κ2) is 6.63.